The van der Waals surface area contributed by atoms with Gasteiger partial charge >= 0.3 is 0 Å². The minimum absolute atomic E-state index is 0.111. The average Bonchev–Trinajstić information content (AvgIpc) is 2.71. The Labute approximate surface area is 82.3 Å². The molecule has 0 aromatic carbocycles. The van der Waals surface area contributed by atoms with Crippen molar-refractivity contribution in [2.45, 2.75) is 13.3 Å². The topological polar surface area (TPSA) is 72.8 Å². The van der Waals surface area contributed by atoms with Gasteiger partial charge in [0, 0.05) is 19.3 Å². The molecular formula is C9H12N4O. The van der Waals surface area contributed by atoms with Gasteiger partial charge < -0.3 is 4.90 Å². The summed E-state index contributed by atoms with van der Waals surface area (Å²) in [5.74, 6) is -0.111. The van der Waals surface area contributed by atoms with E-state index >= 15 is 0 Å². The molecule has 0 aliphatic carbocycles. The highest BCUT2D eigenvalue weighted by atomic mass is 16.2. The molecule has 0 atom stereocenters. The van der Waals surface area contributed by atoms with Crippen LogP contribution in [0.4, 0.5) is 0 Å². The second kappa shape index (κ2) is 5.02. The van der Waals surface area contributed by atoms with Crippen molar-refractivity contribution in [2.24, 2.45) is 0 Å². The molecule has 5 heteroatoms. The van der Waals surface area contributed by atoms with Crippen molar-refractivity contribution in [2.75, 3.05) is 13.1 Å². The summed E-state index contributed by atoms with van der Waals surface area (Å²) in [7, 11) is 0. The molecule has 0 aliphatic rings. The standard InChI is InChI=1S/C9H12N4O/c1-2-13(7-3-5-10)9(14)8-4-6-11-12-8/h4,6H,2-3,7H2,1H3,(H,11,12). The quantitative estimate of drug-likeness (QED) is 0.766. The van der Waals surface area contributed by atoms with Crippen LogP contribution in [0.25, 0.3) is 0 Å². The largest absolute Gasteiger partial charge is 0.337 e. The molecule has 5 nitrogen and oxygen atoms in total. The first-order chi connectivity index (χ1) is 6.79. The minimum Gasteiger partial charge on any atom is -0.337 e. The minimum atomic E-state index is -0.111. The lowest BCUT2D eigenvalue weighted by atomic mass is 10.3. The molecule has 74 valence electrons. The monoisotopic (exact) mass is 192 g/mol. The van der Waals surface area contributed by atoms with Gasteiger partial charge in [0.25, 0.3) is 5.91 Å². The maximum absolute atomic E-state index is 11.7. The molecule has 0 radical (unpaired) electrons. The maximum atomic E-state index is 11.7. The van der Waals surface area contributed by atoms with E-state index in [2.05, 4.69) is 10.2 Å². The van der Waals surface area contributed by atoms with Gasteiger partial charge in [0.05, 0.1) is 12.5 Å². The van der Waals surface area contributed by atoms with Crippen LogP contribution in [0.3, 0.4) is 0 Å². The van der Waals surface area contributed by atoms with Crippen molar-refractivity contribution in [3.05, 3.63) is 18.0 Å². The Morgan fingerprint density at radius 3 is 3.07 bits per heavy atom. The third-order valence-corrected chi connectivity index (χ3v) is 1.89. The fraction of sp³-hybridized carbons (Fsp3) is 0.444. The van der Waals surface area contributed by atoms with Gasteiger partial charge in [-0.15, -0.1) is 0 Å². The van der Waals surface area contributed by atoms with E-state index < -0.39 is 0 Å². The van der Waals surface area contributed by atoms with E-state index in [4.69, 9.17) is 5.26 Å². The van der Waals surface area contributed by atoms with Crippen LogP contribution in [-0.4, -0.2) is 34.1 Å². The zero-order chi connectivity index (χ0) is 10.4. The van der Waals surface area contributed by atoms with Gasteiger partial charge in [0.2, 0.25) is 0 Å². The van der Waals surface area contributed by atoms with Crippen molar-refractivity contribution in [3.63, 3.8) is 0 Å². The van der Waals surface area contributed by atoms with Gasteiger partial charge in [-0.25, -0.2) is 0 Å². The number of rotatable bonds is 4. The molecular weight excluding hydrogens is 180 g/mol. The van der Waals surface area contributed by atoms with Gasteiger partial charge in [-0.1, -0.05) is 0 Å². The van der Waals surface area contributed by atoms with Crippen LogP contribution in [0.5, 0.6) is 0 Å². The lowest BCUT2D eigenvalue weighted by molar-refractivity contribution is 0.0762. The van der Waals surface area contributed by atoms with E-state index in [0.717, 1.165) is 0 Å². The number of aromatic nitrogens is 2. The van der Waals surface area contributed by atoms with Crippen molar-refractivity contribution in [3.8, 4) is 6.07 Å². The Morgan fingerprint density at radius 1 is 1.79 bits per heavy atom. The summed E-state index contributed by atoms with van der Waals surface area (Å²) >= 11 is 0. The highest BCUT2D eigenvalue weighted by Crippen LogP contribution is 2.01. The summed E-state index contributed by atoms with van der Waals surface area (Å²) in [6.45, 7) is 2.94. The summed E-state index contributed by atoms with van der Waals surface area (Å²) in [4.78, 5) is 13.3. The SMILES string of the molecule is CCN(CCC#N)C(=O)c1ccn[nH]1. The molecule has 0 bridgehead atoms. The fourth-order valence-electron chi connectivity index (χ4n) is 1.13. The number of hydrogen-bond donors (Lipinski definition) is 1. The van der Waals surface area contributed by atoms with E-state index in [1.807, 2.05) is 13.0 Å². The van der Waals surface area contributed by atoms with Crippen molar-refractivity contribution in [1.82, 2.24) is 15.1 Å². The number of nitrogens with one attached hydrogen (secondary N) is 1. The first-order valence-electron chi connectivity index (χ1n) is 4.45. The highest BCUT2D eigenvalue weighted by Gasteiger charge is 2.14. The van der Waals surface area contributed by atoms with Crippen LogP contribution in [0.15, 0.2) is 12.3 Å². The number of nitrogens with zero attached hydrogens (tertiary/aromatic N) is 3. The zero-order valence-corrected chi connectivity index (χ0v) is 8.03. The van der Waals surface area contributed by atoms with Crippen LogP contribution in [0, 0.1) is 11.3 Å². The van der Waals surface area contributed by atoms with Crippen molar-refractivity contribution >= 4 is 5.91 Å². The van der Waals surface area contributed by atoms with Gasteiger partial charge in [0.15, 0.2) is 0 Å². The molecule has 0 saturated carbocycles. The first kappa shape index (κ1) is 10.3. The second-order valence-corrected chi connectivity index (χ2v) is 2.76. The van der Waals surface area contributed by atoms with E-state index in [0.29, 0.717) is 25.2 Å². The van der Waals surface area contributed by atoms with Gasteiger partial charge in [0.1, 0.15) is 5.69 Å². The molecule has 0 aliphatic heterocycles. The molecule has 0 spiro atoms. The summed E-state index contributed by atoms with van der Waals surface area (Å²) in [6.07, 6.45) is 1.89. The van der Waals surface area contributed by atoms with Crippen molar-refractivity contribution in [1.29, 1.82) is 5.26 Å². The second-order valence-electron chi connectivity index (χ2n) is 2.76. The smallest absolute Gasteiger partial charge is 0.271 e. The van der Waals surface area contributed by atoms with Gasteiger partial charge in [-0.05, 0) is 13.0 Å². The summed E-state index contributed by atoms with van der Waals surface area (Å²) < 4.78 is 0. The van der Waals surface area contributed by atoms with Crippen LogP contribution < -0.4 is 0 Å². The third kappa shape index (κ3) is 2.33. The molecule has 1 heterocycles. The Hall–Kier alpha value is -1.83. The summed E-state index contributed by atoms with van der Waals surface area (Å²) in [5.41, 5.74) is 0.463. The number of nitriles is 1. The Balaban J connectivity index is 2.62. The van der Waals surface area contributed by atoms with Crippen LogP contribution >= 0.6 is 0 Å². The van der Waals surface area contributed by atoms with Crippen molar-refractivity contribution < 1.29 is 4.79 Å². The third-order valence-electron chi connectivity index (χ3n) is 1.89. The summed E-state index contributed by atoms with van der Waals surface area (Å²) in [5, 5.41) is 14.7. The number of aromatic amines is 1. The average molecular weight is 192 g/mol. The Kier molecular flexibility index (Phi) is 3.68. The first-order valence-corrected chi connectivity index (χ1v) is 4.45. The number of hydrogen-bond acceptors (Lipinski definition) is 3. The molecule has 14 heavy (non-hydrogen) atoms. The van der Waals surface area contributed by atoms with E-state index in [1.54, 1.807) is 11.0 Å². The van der Waals surface area contributed by atoms with Gasteiger partial charge in [-0.2, -0.15) is 10.4 Å². The van der Waals surface area contributed by atoms with Crippen LogP contribution in [-0.2, 0) is 0 Å². The zero-order valence-electron chi connectivity index (χ0n) is 8.03. The number of amides is 1. The highest BCUT2D eigenvalue weighted by molar-refractivity contribution is 5.92. The van der Waals surface area contributed by atoms with Crippen LogP contribution in [0.2, 0.25) is 0 Å². The number of H-pyrrole nitrogens is 1. The molecule has 0 fully saturated rings. The Morgan fingerprint density at radius 2 is 2.57 bits per heavy atom. The lowest BCUT2D eigenvalue weighted by Crippen LogP contribution is -2.31. The molecule has 1 aromatic rings. The molecule has 0 saturated heterocycles. The molecule has 0 unspecified atom stereocenters. The van der Waals surface area contributed by atoms with E-state index in [1.165, 1.54) is 6.20 Å². The lowest BCUT2D eigenvalue weighted by Gasteiger charge is -2.17. The number of carbonyl (C=O) groups excluding carboxylic acids is 1. The molecule has 1 rings (SSSR count). The molecule has 1 N–H and O–H groups in total. The molecule has 1 amide bonds. The summed E-state index contributed by atoms with van der Waals surface area (Å²) in [6, 6.07) is 3.64. The van der Waals surface area contributed by atoms with Crippen LogP contribution in [0.1, 0.15) is 23.8 Å². The predicted molar refractivity (Wildman–Crippen MR) is 50.4 cm³/mol. The number of carbonyl (C=O) groups is 1. The van der Waals surface area contributed by atoms with E-state index in [-0.39, 0.29) is 5.91 Å². The fourth-order valence-corrected chi connectivity index (χ4v) is 1.13. The van der Waals surface area contributed by atoms with E-state index in [9.17, 15) is 4.79 Å². The molecule has 1 aromatic heterocycles. The normalized spacial score (nSPS) is 9.43. The predicted octanol–water partition coefficient (Wildman–Crippen LogP) is 0.785. The maximum Gasteiger partial charge on any atom is 0.271 e. The Bertz CT molecular complexity index is 325. The van der Waals surface area contributed by atoms with Gasteiger partial charge in [-0.3, -0.25) is 9.89 Å².